The van der Waals surface area contributed by atoms with Gasteiger partial charge in [-0.1, -0.05) is 44.2 Å². The number of amides is 1. The van der Waals surface area contributed by atoms with Crippen LogP contribution in [-0.4, -0.2) is 5.91 Å². The number of hydrogen-bond acceptors (Lipinski definition) is 3. The van der Waals surface area contributed by atoms with Crippen molar-refractivity contribution in [1.82, 2.24) is 0 Å². The van der Waals surface area contributed by atoms with Crippen LogP contribution in [0.25, 0.3) is 0 Å². The number of carbonyl (C=O) groups is 1. The average Bonchev–Trinajstić information content (AvgIpc) is 3.12. The van der Waals surface area contributed by atoms with Crippen molar-refractivity contribution in [3.63, 3.8) is 0 Å². The van der Waals surface area contributed by atoms with Crippen molar-refractivity contribution in [2.45, 2.75) is 40.2 Å². The van der Waals surface area contributed by atoms with Crippen molar-refractivity contribution in [2.75, 3.05) is 5.32 Å². The molecule has 140 valence electrons. The third-order valence-corrected chi connectivity index (χ3v) is 4.53. The molecular weight excluding hydrogens is 338 g/mol. The van der Waals surface area contributed by atoms with Gasteiger partial charge in [-0.15, -0.1) is 0 Å². The Hall–Kier alpha value is -3.01. The van der Waals surface area contributed by atoms with E-state index in [1.165, 1.54) is 5.56 Å². The Morgan fingerprint density at radius 1 is 1.00 bits per heavy atom. The van der Waals surface area contributed by atoms with Gasteiger partial charge >= 0.3 is 0 Å². The lowest BCUT2D eigenvalue weighted by atomic mass is 10.0. The van der Waals surface area contributed by atoms with Crippen LogP contribution in [0.15, 0.2) is 59.0 Å². The Morgan fingerprint density at radius 2 is 1.67 bits per heavy atom. The van der Waals surface area contributed by atoms with E-state index in [-0.39, 0.29) is 18.3 Å². The van der Waals surface area contributed by atoms with E-state index >= 15 is 0 Å². The maximum Gasteiger partial charge on any atom is 0.291 e. The van der Waals surface area contributed by atoms with E-state index in [9.17, 15) is 4.79 Å². The van der Waals surface area contributed by atoms with Crippen LogP contribution in [0.3, 0.4) is 0 Å². The van der Waals surface area contributed by atoms with Gasteiger partial charge in [0.15, 0.2) is 5.76 Å². The van der Waals surface area contributed by atoms with Crippen LogP contribution in [-0.2, 0) is 6.61 Å². The summed E-state index contributed by atoms with van der Waals surface area (Å²) in [6, 6.07) is 17.4. The molecule has 0 fully saturated rings. The van der Waals surface area contributed by atoms with Gasteiger partial charge < -0.3 is 14.5 Å². The molecule has 0 bridgehead atoms. The molecule has 0 spiro atoms. The Balaban J connectivity index is 1.61. The highest BCUT2D eigenvalue weighted by molar-refractivity contribution is 6.03. The molecule has 27 heavy (non-hydrogen) atoms. The van der Waals surface area contributed by atoms with Gasteiger partial charge in [-0.2, -0.15) is 0 Å². The Bertz CT molecular complexity index is 903. The summed E-state index contributed by atoms with van der Waals surface area (Å²) < 4.78 is 11.4. The molecule has 1 heterocycles. The van der Waals surface area contributed by atoms with Crippen molar-refractivity contribution in [1.29, 1.82) is 0 Å². The van der Waals surface area contributed by atoms with Crippen LogP contribution in [0.5, 0.6) is 5.75 Å². The van der Waals surface area contributed by atoms with Crippen LogP contribution in [0, 0.1) is 13.8 Å². The highest BCUT2D eigenvalue weighted by Crippen LogP contribution is 2.22. The molecular formula is C23H25NO3. The molecule has 0 saturated carbocycles. The number of aryl methyl sites for hydroxylation is 2. The lowest BCUT2D eigenvalue weighted by Crippen LogP contribution is -2.13. The summed E-state index contributed by atoms with van der Waals surface area (Å²) in [5.41, 5.74) is 4.12. The van der Waals surface area contributed by atoms with Gasteiger partial charge in [0.25, 0.3) is 5.91 Å². The third kappa shape index (κ3) is 4.59. The molecule has 1 aromatic heterocycles. The summed E-state index contributed by atoms with van der Waals surface area (Å²) >= 11 is 0. The molecule has 4 heteroatoms. The molecule has 0 atom stereocenters. The largest absolute Gasteiger partial charge is 0.486 e. The van der Waals surface area contributed by atoms with Crippen molar-refractivity contribution in [2.24, 2.45) is 0 Å². The minimum absolute atomic E-state index is 0.264. The van der Waals surface area contributed by atoms with Crippen LogP contribution in [0.4, 0.5) is 5.69 Å². The lowest BCUT2D eigenvalue weighted by molar-refractivity contribution is 0.0992. The number of carbonyl (C=O) groups excluding carboxylic acids is 1. The molecule has 0 radical (unpaired) electrons. The van der Waals surface area contributed by atoms with Gasteiger partial charge in [-0.25, -0.2) is 0 Å². The average molecular weight is 363 g/mol. The summed E-state index contributed by atoms with van der Waals surface area (Å²) in [5.74, 6) is 1.88. The Labute approximate surface area is 160 Å². The summed E-state index contributed by atoms with van der Waals surface area (Å²) in [6.45, 7) is 8.52. The number of para-hydroxylation sites is 1. The highest BCUT2D eigenvalue weighted by Gasteiger charge is 2.14. The predicted molar refractivity (Wildman–Crippen MR) is 107 cm³/mol. The smallest absolute Gasteiger partial charge is 0.291 e. The fourth-order valence-electron chi connectivity index (χ4n) is 2.87. The molecule has 0 aliphatic carbocycles. The van der Waals surface area contributed by atoms with E-state index in [1.54, 1.807) is 12.1 Å². The topological polar surface area (TPSA) is 51.5 Å². The monoisotopic (exact) mass is 363 g/mol. The van der Waals surface area contributed by atoms with E-state index in [1.807, 2.05) is 44.2 Å². The Kier molecular flexibility index (Phi) is 5.65. The lowest BCUT2D eigenvalue weighted by Gasteiger charge is -2.10. The van der Waals surface area contributed by atoms with Crippen LogP contribution in [0.1, 0.15) is 52.8 Å². The van der Waals surface area contributed by atoms with Crippen molar-refractivity contribution in [3.8, 4) is 5.75 Å². The van der Waals surface area contributed by atoms with E-state index in [0.29, 0.717) is 11.7 Å². The molecule has 2 aromatic carbocycles. The van der Waals surface area contributed by atoms with E-state index in [0.717, 1.165) is 22.6 Å². The summed E-state index contributed by atoms with van der Waals surface area (Å²) in [5, 5.41) is 2.93. The number of ether oxygens (including phenoxy) is 1. The van der Waals surface area contributed by atoms with E-state index in [2.05, 4.69) is 31.3 Å². The van der Waals surface area contributed by atoms with Crippen LogP contribution in [0.2, 0.25) is 0 Å². The number of rotatable bonds is 6. The maximum absolute atomic E-state index is 12.5. The fourth-order valence-corrected chi connectivity index (χ4v) is 2.87. The SMILES string of the molecule is Cc1cccc(C)c1NC(=O)c1ccc(COc2ccc(C(C)C)cc2)o1. The molecule has 0 saturated heterocycles. The van der Waals surface area contributed by atoms with Crippen molar-refractivity contribution >= 4 is 11.6 Å². The highest BCUT2D eigenvalue weighted by atomic mass is 16.5. The molecule has 0 unspecified atom stereocenters. The summed E-state index contributed by atoms with van der Waals surface area (Å²) in [6.07, 6.45) is 0. The first-order chi connectivity index (χ1) is 12.9. The minimum Gasteiger partial charge on any atom is -0.486 e. The first kappa shape index (κ1) is 18.8. The van der Waals surface area contributed by atoms with Gasteiger partial charge in [-0.3, -0.25) is 4.79 Å². The number of anilines is 1. The zero-order valence-corrected chi connectivity index (χ0v) is 16.2. The van der Waals surface area contributed by atoms with Gasteiger partial charge in [0.05, 0.1) is 0 Å². The normalized spacial score (nSPS) is 10.9. The van der Waals surface area contributed by atoms with E-state index in [4.69, 9.17) is 9.15 Å². The van der Waals surface area contributed by atoms with E-state index < -0.39 is 0 Å². The predicted octanol–water partition coefficient (Wildman–Crippen LogP) is 5.85. The second-order valence-corrected chi connectivity index (χ2v) is 7.00. The van der Waals surface area contributed by atoms with Gasteiger partial charge in [0, 0.05) is 5.69 Å². The maximum atomic E-state index is 12.5. The molecule has 1 amide bonds. The van der Waals surface area contributed by atoms with Crippen molar-refractivity contribution < 1.29 is 13.9 Å². The zero-order chi connectivity index (χ0) is 19.4. The van der Waals surface area contributed by atoms with Gasteiger partial charge in [0.1, 0.15) is 18.1 Å². The third-order valence-electron chi connectivity index (χ3n) is 4.53. The second kappa shape index (κ2) is 8.12. The van der Waals surface area contributed by atoms with Crippen molar-refractivity contribution in [3.05, 3.63) is 82.8 Å². The molecule has 4 nitrogen and oxygen atoms in total. The first-order valence-corrected chi connectivity index (χ1v) is 9.13. The Morgan fingerprint density at radius 3 is 2.30 bits per heavy atom. The fraction of sp³-hybridized carbons (Fsp3) is 0.261. The number of nitrogens with one attached hydrogen (secondary N) is 1. The second-order valence-electron chi connectivity index (χ2n) is 7.00. The molecule has 3 aromatic rings. The van der Waals surface area contributed by atoms with Gasteiger partial charge in [0.2, 0.25) is 0 Å². The zero-order valence-electron chi connectivity index (χ0n) is 16.2. The molecule has 0 aliphatic heterocycles. The summed E-state index contributed by atoms with van der Waals surface area (Å²) in [4.78, 5) is 12.5. The van der Waals surface area contributed by atoms with Crippen LogP contribution >= 0.6 is 0 Å². The number of furan rings is 1. The molecule has 0 aliphatic rings. The number of benzene rings is 2. The standard InChI is InChI=1S/C23H25NO3/c1-15(2)18-8-10-19(11-9-18)26-14-20-12-13-21(27-20)23(25)24-22-16(3)6-5-7-17(22)4/h5-13,15H,14H2,1-4H3,(H,24,25). The molecule has 3 rings (SSSR count). The minimum atomic E-state index is -0.264. The quantitative estimate of drug-likeness (QED) is 0.597. The summed E-state index contributed by atoms with van der Waals surface area (Å²) in [7, 11) is 0. The van der Waals surface area contributed by atoms with Gasteiger partial charge in [-0.05, 0) is 60.7 Å². The first-order valence-electron chi connectivity index (χ1n) is 9.13. The molecule has 1 N–H and O–H groups in total. The number of hydrogen-bond donors (Lipinski definition) is 1. The van der Waals surface area contributed by atoms with Crippen LogP contribution < -0.4 is 10.1 Å².